The third-order valence-electron chi connectivity index (χ3n) is 5.32. The molecule has 0 aliphatic heterocycles. The van der Waals surface area contributed by atoms with E-state index in [1.165, 1.54) is 0 Å². The fourth-order valence-electron chi connectivity index (χ4n) is 2.95. The van der Waals surface area contributed by atoms with Gasteiger partial charge in [0, 0.05) is 0 Å². The molecule has 0 aromatic carbocycles. The molecule has 10 N–H and O–H groups in total. The molecule has 0 radical (unpaired) electrons. The topological polar surface area (TPSA) is 463 Å². The van der Waals surface area contributed by atoms with E-state index in [9.17, 15) is 87.7 Å². The molecule has 0 aliphatic rings. The number of aliphatic hydroxyl groups excluding tert-OH is 2. The first kappa shape index (κ1) is 55.3. The Kier molecular flexibility index (Phi) is 23.0. The zero-order valence-corrected chi connectivity index (χ0v) is 33.6. The maximum atomic E-state index is 13.3. The molecule has 0 aromatic rings. The van der Waals surface area contributed by atoms with E-state index in [4.69, 9.17) is 20.4 Å². The molecule has 0 aliphatic carbocycles. The second kappa shape index (κ2) is 22.5. The average molecular weight is 850 g/mol. The molecule has 8 atom stereocenters. The van der Waals surface area contributed by atoms with Gasteiger partial charge in [-0.05, 0) is 13.8 Å². The van der Waals surface area contributed by atoms with Crippen LogP contribution in [0, 0.1) is 0 Å². The van der Waals surface area contributed by atoms with Crippen LogP contribution in [0.15, 0.2) is 0 Å². The second-order valence-electron chi connectivity index (χ2n) is 9.89. The minimum atomic E-state index is -6.46. The molecule has 0 saturated heterocycles. The molecule has 0 heterocycles. The van der Waals surface area contributed by atoms with Gasteiger partial charge in [0.15, 0.2) is 11.2 Å². The number of hydrogen-bond acceptors (Lipinski definition) is 22. The number of carboxylic acids is 6. The molecule has 0 rings (SSSR count). The van der Waals surface area contributed by atoms with Crippen LogP contribution in [0.2, 0.25) is 0 Å². The van der Waals surface area contributed by atoms with Crippen molar-refractivity contribution in [1.29, 1.82) is 0 Å². The number of rotatable bonds is 23. The van der Waals surface area contributed by atoms with Crippen molar-refractivity contribution in [3.63, 3.8) is 0 Å². The van der Waals surface area contributed by atoms with Crippen molar-refractivity contribution in [1.82, 2.24) is 0 Å². The van der Waals surface area contributed by atoms with Gasteiger partial charge in [-0.15, -0.1) is 0 Å². The van der Waals surface area contributed by atoms with Gasteiger partial charge in [0.25, 0.3) is 0 Å². The maximum Gasteiger partial charge on any atom is 1.00 e. The fraction of sp³-hybridized carbons (Fsp3) is 0.545. The fourth-order valence-corrected chi connectivity index (χ4v) is 5.53. The molecule has 298 valence electrons. The normalized spacial score (nSPS) is 17.4. The van der Waals surface area contributed by atoms with Crippen LogP contribution in [0.5, 0.6) is 0 Å². The van der Waals surface area contributed by atoms with Crippen LogP contribution >= 0.6 is 15.6 Å². The van der Waals surface area contributed by atoms with E-state index in [0.29, 0.717) is 13.8 Å². The van der Waals surface area contributed by atoms with Gasteiger partial charge < -0.3 is 72.0 Å². The Bertz CT molecular complexity index is 1470. The van der Waals surface area contributed by atoms with Gasteiger partial charge in [-0.25, -0.2) is 46.9 Å². The van der Waals surface area contributed by atoms with Crippen molar-refractivity contribution in [2.24, 2.45) is 0 Å². The van der Waals surface area contributed by atoms with Gasteiger partial charge in [0.05, 0.1) is 25.7 Å². The molecule has 0 spiro atoms. The molecule has 0 amide bonds. The Labute approximate surface area is 346 Å². The van der Waals surface area contributed by atoms with Gasteiger partial charge in [-0.1, -0.05) is 0 Å². The summed E-state index contributed by atoms with van der Waals surface area (Å²) in [5.41, 5.74) is -7.16. The summed E-state index contributed by atoms with van der Waals surface area (Å²) < 4.78 is 51.6. The Balaban J connectivity index is -0.00000217. The summed E-state index contributed by atoms with van der Waals surface area (Å²) in [4.78, 5) is 118. The van der Waals surface area contributed by atoms with E-state index >= 15 is 0 Å². The van der Waals surface area contributed by atoms with E-state index in [1.807, 2.05) is 0 Å². The van der Waals surface area contributed by atoms with Crippen LogP contribution in [0.4, 0.5) is 0 Å². The largest absolute Gasteiger partial charge is 1.00 e. The van der Waals surface area contributed by atoms with Crippen LogP contribution < -0.4 is 59.1 Å². The number of phosphoric acid groups is 2. The van der Waals surface area contributed by atoms with E-state index in [-0.39, 0.29) is 62.0 Å². The molecule has 8 unspecified atom stereocenters. The standard InChI is InChI=1S/C22H28O28P2.2Na.2H/c1-7(23)17(35)49-51(43,45-11(29)5-21(41,19(37)38)3-9(25)26)47-13(15(31)32)14(16(33)34)48-52(44,50-18(36)8(2)24)46-12(30)6-22(42,20(39)40)4-10(27)28;;;;/h7-8,13-14,23-24,41-42H,3-6H2,1-2H3,(H,25,26)(H,27,28)(H,31,32)(H,33,34)(H,37,38)(H,39,40);;;;/q;2*+1;2*-1. The number of carbonyl (C=O) groups excluding carboxylic acids is 4. The van der Waals surface area contributed by atoms with Crippen LogP contribution in [0.1, 0.15) is 42.4 Å². The first-order valence-corrected chi connectivity index (χ1v) is 16.0. The van der Waals surface area contributed by atoms with Crippen molar-refractivity contribution < 1.29 is 197 Å². The first-order chi connectivity index (χ1) is 23.4. The molecule has 0 saturated carbocycles. The predicted octanol–water partition coefficient (Wildman–Crippen LogP) is -9.33. The summed E-state index contributed by atoms with van der Waals surface area (Å²) in [6.45, 7) is 1.15. The quantitative estimate of drug-likeness (QED) is 0.0337. The van der Waals surface area contributed by atoms with Crippen LogP contribution in [0.25, 0.3) is 0 Å². The summed E-state index contributed by atoms with van der Waals surface area (Å²) in [6, 6.07) is 0. The molecule has 54 heavy (non-hydrogen) atoms. The minimum absolute atomic E-state index is 0. The van der Waals surface area contributed by atoms with Gasteiger partial charge in [0.1, 0.15) is 12.2 Å². The SMILES string of the molecule is CC(O)C(=O)OP(=O)(OC(=O)CC(O)(CC(=O)O)C(=O)O)OC(C(=O)O)C(OP(=O)(OC(=O)CC(O)(CC(=O)O)C(=O)O)OC(=O)C(C)O)C(=O)O.[H-].[H-].[Na+].[Na+]. The summed E-state index contributed by atoms with van der Waals surface area (Å²) >= 11 is 0. The number of phosphoric ester groups is 2. The monoisotopic (exact) mass is 850 g/mol. The van der Waals surface area contributed by atoms with Gasteiger partial charge >= 0.3 is 134 Å². The Morgan fingerprint density at radius 2 is 0.796 bits per heavy atom. The van der Waals surface area contributed by atoms with E-state index in [0.717, 1.165) is 0 Å². The molecule has 0 fully saturated rings. The van der Waals surface area contributed by atoms with Crippen LogP contribution in [-0.2, 0) is 84.2 Å². The number of carbonyl (C=O) groups is 10. The average Bonchev–Trinajstić information content (AvgIpc) is 2.92. The third-order valence-corrected chi connectivity index (χ3v) is 7.95. The minimum Gasteiger partial charge on any atom is -1.00 e. The Hall–Kier alpha value is -3.08. The van der Waals surface area contributed by atoms with Crippen molar-refractivity contribution >= 4 is 75.3 Å². The van der Waals surface area contributed by atoms with Crippen LogP contribution in [-0.4, -0.2) is 146 Å². The maximum absolute atomic E-state index is 13.3. The summed E-state index contributed by atoms with van der Waals surface area (Å²) in [6.07, 6.45) is -19.6. The van der Waals surface area contributed by atoms with E-state index in [1.54, 1.807) is 0 Å². The third kappa shape index (κ3) is 18.0. The first-order valence-electron chi connectivity index (χ1n) is 13.1. The van der Waals surface area contributed by atoms with Crippen LogP contribution in [0.3, 0.4) is 0 Å². The number of carboxylic acid groups (broad SMARTS) is 6. The zero-order valence-electron chi connectivity index (χ0n) is 29.9. The number of aliphatic hydroxyl groups is 4. The smallest absolute Gasteiger partial charge is 1.00 e. The predicted molar refractivity (Wildman–Crippen MR) is 149 cm³/mol. The zero-order chi connectivity index (χ0) is 41.2. The molecule has 32 heteroatoms. The summed E-state index contributed by atoms with van der Waals surface area (Å²) in [7, 11) is -12.9. The molecule has 0 bridgehead atoms. The molecule has 0 aromatic heterocycles. The van der Waals surface area contributed by atoms with E-state index in [2.05, 4.69) is 27.1 Å². The summed E-state index contributed by atoms with van der Waals surface area (Å²) in [5, 5.41) is 94.0. The van der Waals surface area contributed by atoms with Gasteiger partial charge in [0.2, 0.25) is 12.2 Å². The van der Waals surface area contributed by atoms with Gasteiger partial charge in [-0.3, -0.25) is 19.2 Å². The molecular weight excluding hydrogens is 820 g/mol. The van der Waals surface area contributed by atoms with E-state index < -0.39 is 137 Å². The summed E-state index contributed by atoms with van der Waals surface area (Å²) in [5.74, 6) is -23.4. The van der Waals surface area contributed by atoms with Crippen molar-refractivity contribution in [2.75, 3.05) is 0 Å². The second-order valence-corrected chi connectivity index (χ2v) is 12.8. The Morgan fingerprint density at radius 3 is 0.981 bits per heavy atom. The number of hydrogen-bond donors (Lipinski definition) is 10. The Morgan fingerprint density at radius 1 is 0.537 bits per heavy atom. The molecular formula is C22H30Na2O28P2. The van der Waals surface area contributed by atoms with Crippen molar-refractivity contribution in [3.05, 3.63) is 0 Å². The number of aliphatic carboxylic acids is 6. The van der Waals surface area contributed by atoms with Crippen molar-refractivity contribution in [3.8, 4) is 0 Å². The van der Waals surface area contributed by atoms with Crippen molar-refractivity contribution in [2.45, 2.75) is 75.1 Å². The molecule has 28 nitrogen and oxygen atoms in total. The van der Waals surface area contributed by atoms with Gasteiger partial charge in [-0.2, -0.15) is 0 Å².